The smallest absolute Gasteiger partial charge is 0.325 e. The normalized spacial score (nSPS) is 16.8. The van der Waals surface area contributed by atoms with E-state index in [0.717, 1.165) is 4.90 Å². The molecule has 0 bridgehead atoms. The van der Waals surface area contributed by atoms with E-state index in [-0.39, 0.29) is 6.54 Å². The van der Waals surface area contributed by atoms with E-state index in [1.165, 1.54) is 16.2 Å². The highest BCUT2D eigenvalue weighted by atomic mass is 32.1. The van der Waals surface area contributed by atoms with Crippen LogP contribution < -0.4 is 5.32 Å². The van der Waals surface area contributed by atoms with Crippen LogP contribution in [0.1, 0.15) is 17.8 Å². The molecule has 4 amide bonds. The number of amides is 4. The molecule has 1 aliphatic heterocycles. The number of aldehydes is 1. The van der Waals surface area contributed by atoms with E-state index in [1.807, 2.05) is 0 Å². The van der Waals surface area contributed by atoms with Gasteiger partial charge >= 0.3 is 17.8 Å². The second-order valence-electron chi connectivity index (χ2n) is 4.42. The van der Waals surface area contributed by atoms with Gasteiger partial charge in [0.15, 0.2) is 0 Å². The van der Waals surface area contributed by atoms with Crippen LogP contribution in [0, 0.1) is 0 Å². The number of hydrogen-bond acceptors (Lipinski definition) is 5. The molecule has 112 valence electrons. The van der Waals surface area contributed by atoms with E-state index >= 15 is 0 Å². The van der Waals surface area contributed by atoms with E-state index in [9.17, 15) is 19.2 Å². The molecular formula is C13H15N3O4S. The number of nitrogens with one attached hydrogen (secondary N) is 1. The molecule has 0 aromatic carbocycles. The maximum Gasteiger partial charge on any atom is 0.325 e. The fourth-order valence-corrected chi connectivity index (χ4v) is 2.75. The van der Waals surface area contributed by atoms with Crippen LogP contribution in [0.3, 0.4) is 0 Å². The van der Waals surface area contributed by atoms with Gasteiger partial charge in [-0.2, -0.15) is 0 Å². The lowest BCUT2D eigenvalue weighted by molar-refractivity contribution is -0.153. The Hall–Kier alpha value is -2.22. The first-order chi connectivity index (χ1) is 10.1. The lowest BCUT2D eigenvalue weighted by Crippen LogP contribution is -2.58. The Balaban J connectivity index is 2.05. The molecule has 2 rings (SSSR count). The monoisotopic (exact) mass is 309 g/mol. The summed E-state index contributed by atoms with van der Waals surface area (Å²) in [5, 5.41) is 4.24. The number of urea groups is 1. The molecule has 0 spiro atoms. The first-order valence-corrected chi connectivity index (χ1v) is 7.36. The predicted octanol–water partition coefficient (Wildman–Crippen LogP) is 0.388. The summed E-state index contributed by atoms with van der Waals surface area (Å²) in [7, 11) is 0. The van der Waals surface area contributed by atoms with Crippen LogP contribution in [0.15, 0.2) is 17.5 Å². The van der Waals surface area contributed by atoms with E-state index in [4.69, 9.17) is 0 Å². The molecule has 1 atom stereocenters. The van der Waals surface area contributed by atoms with Crippen LogP contribution in [0.25, 0.3) is 0 Å². The second-order valence-corrected chi connectivity index (χ2v) is 5.40. The zero-order chi connectivity index (χ0) is 15.4. The molecule has 2 heterocycles. The van der Waals surface area contributed by atoms with Crippen molar-refractivity contribution < 1.29 is 19.2 Å². The third kappa shape index (κ3) is 3.10. The molecule has 1 N–H and O–H groups in total. The maximum absolute atomic E-state index is 12.1. The fraction of sp³-hybridized carbons (Fsp3) is 0.385. The number of likely N-dealkylation sites (N-methyl/N-ethyl adjacent to an activating group) is 1. The van der Waals surface area contributed by atoms with Crippen molar-refractivity contribution >= 4 is 35.5 Å². The minimum atomic E-state index is -0.864. The van der Waals surface area contributed by atoms with Crippen molar-refractivity contribution in [2.45, 2.75) is 13.0 Å². The highest BCUT2D eigenvalue weighted by Gasteiger charge is 2.36. The Labute approximate surface area is 125 Å². The molecule has 1 aliphatic rings. The summed E-state index contributed by atoms with van der Waals surface area (Å²) >= 11 is 1.33. The van der Waals surface area contributed by atoms with Gasteiger partial charge in [-0.25, -0.2) is 4.79 Å². The number of rotatable bonds is 4. The largest absolute Gasteiger partial charge is 0.333 e. The van der Waals surface area contributed by atoms with Crippen LogP contribution in [-0.4, -0.2) is 53.6 Å². The van der Waals surface area contributed by atoms with E-state index in [0.29, 0.717) is 24.3 Å². The van der Waals surface area contributed by atoms with Gasteiger partial charge in [-0.3, -0.25) is 14.5 Å². The average molecular weight is 309 g/mol. The van der Waals surface area contributed by atoms with Gasteiger partial charge in [-0.1, -0.05) is 6.07 Å². The zero-order valence-electron chi connectivity index (χ0n) is 11.4. The molecule has 21 heavy (non-hydrogen) atoms. The molecule has 1 aromatic rings. The van der Waals surface area contributed by atoms with Crippen molar-refractivity contribution in [3.63, 3.8) is 0 Å². The Morgan fingerprint density at radius 3 is 2.76 bits per heavy atom. The van der Waals surface area contributed by atoms with Crippen molar-refractivity contribution in [1.29, 1.82) is 0 Å². The Morgan fingerprint density at radius 1 is 1.43 bits per heavy atom. The number of carbonyl (C=O) groups excluding carboxylic acids is 4. The summed E-state index contributed by atoms with van der Waals surface area (Å²) < 4.78 is 0. The molecule has 1 aromatic heterocycles. The first kappa shape index (κ1) is 15.2. The lowest BCUT2D eigenvalue weighted by atomic mass is 10.2. The standard InChI is InChI=1S/C13H15N3O4S/c1-2-15-5-6-16(12(19)11(15)18)13(20)14-9(8-17)10-4-3-7-21-10/h3-4,7-9H,2,5-6H2,1H3,(H,14,20). The zero-order valence-corrected chi connectivity index (χ0v) is 12.3. The minimum Gasteiger partial charge on any atom is -0.333 e. The van der Waals surface area contributed by atoms with E-state index in [1.54, 1.807) is 24.4 Å². The molecule has 7 nitrogen and oxygen atoms in total. The summed E-state index contributed by atoms with van der Waals surface area (Å²) in [6, 6.07) is 1.93. The molecule has 1 saturated heterocycles. The molecule has 0 saturated carbocycles. The average Bonchev–Trinajstić information content (AvgIpc) is 3.01. The highest BCUT2D eigenvalue weighted by Crippen LogP contribution is 2.17. The SMILES string of the molecule is CCN1CCN(C(=O)NC(C=O)c2cccs2)C(=O)C1=O. The predicted molar refractivity (Wildman–Crippen MR) is 75.6 cm³/mol. The van der Waals surface area contributed by atoms with Crippen LogP contribution in [0.2, 0.25) is 0 Å². The lowest BCUT2D eigenvalue weighted by Gasteiger charge is -2.32. The summed E-state index contributed by atoms with van der Waals surface area (Å²) in [4.78, 5) is 49.7. The Kier molecular flexibility index (Phi) is 4.69. The number of hydrogen-bond donors (Lipinski definition) is 1. The van der Waals surface area contributed by atoms with Crippen LogP contribution in [-0.2, 0) is 14.4 Å². The summed E-state index contributed by atoms with van der Waals surface area (Å²) in [5.41, 5.74) is 0. The molecule has 0 radical (unpaired) electrons. The number of carbonyl (C=O) groups is 4. The summed E-state index contributed by atoms with van der Waals surface area (Å²) in [5.74, 6) is -1.56. The third-order valence-electron chi connectivity index (χ3n) is 3.20. The van der Waals surface area contributed by atoms with Gasteiger partial charge in [0, 0.05) is 24.5 Å². The van der Waals surface area contributed by atoms with Crippen molar-refractivity contribution in [2.24, 2.45) is 0 Å². The topological polar surface area (TPSA) is 86.8 Å². The van der Waals surface area contributed by atoms with Gasteiger partial charge in [0.2, 0.25) is 0 Å². The third-order valence-corrected chi connectivity index (χ3v) is 4.16. The van der Waals surface area contributed by atoms with Crippen molar-refractivity contribution in [3.05, 3.63) is 22.4 Å². The highest BCUT2D eigenvalue weighted by molar-refractivity contribution is 7.10. The molecular weight excluding hydrogens is 294 g/mol. The van der Waals surface area contributed by atoms with Crippen LogP contribution in [0.4, 0.5) is 4.79 Å². The Morgan fingerprint density at radius 2 is 2.19 bits per heavy atom. The van der Waals surface area contributed by atoms with E-state index < -0.39 is 23.9 Å². The van der Waals surface area contributed by atoms with Crippen molar-refractivity contribution in [2.75, 3.05) is 19.6 Å². The quantitative estimate of drug-likeness (QED) is 0.644. The number of thiophene rings is 1. The number of nitrogens with zero attached hydrogens (tertiary/aromatic N) is 2. The molecule has 8 heteroatoms. The van der Waals surface area contributed by atoms with Gasteiger partial charge in [0.25, 0.3) is 0 Å². The Bertz CT molecular complexity index is 558. The van der Waals surface area contributed by atoms with Crippen molar-refractivity contribution in [1.82, 2.24) is 15.1 Å². The maximum atomic E-state index is 12.1. The number of piperazine rings is 1. The van der Waals surface area contributed by atoms with Crippen molar-refractivity contribution in [3.8, 4) is 0 Å². The molecule has 0 aliphatic carbocycles. The number of imide groups is 1. The molecule has 1 unspecified atom stereocenters. The van der Waals surface area contributed by atoms with Crippen LogP contribution in [0.5, 0.6) is 0 Å². The van der Waals surface area contributed by atoms with Crippen LogP contribution >= 0.6 is 11.3 Å². The van der Waals surface area contributed by atoms with Gasteiger partial charge < -0.3 is 15.0 Å². The fourth-order valence-electron chi connectivity index (χ4n) is 2.02. The first-order valence-electron chi connectivity index (χ1n) is 6.48. The van der Waals surface area contributed by atoms with E-state index in [2.05, 4.69) is 5.32 Å². The van der Waals surface area contributed by atoms with Gasteiger partial charge in [0.1, 0.15) is 12.3 Å². The summed E-state index contributed by atoms with van der Waals surface area (Å²) in [6.07, 6.45) is 0.596. The van der Waals surface area contributed by atoms with Gasteiger partial charge in [0.05, 0.1) is 0 Å². The second kappa shape index (κ2) is 6.49. The minimum absolute atomic E-state index is 0.125. The van der Waals surface area contributed by atoms with Gasteiger partial charge in [-0.15, -0.1) is 11.3 Å². The summed E-state index contributed by atoms with van der Waals surface area (Å²) in [6.45, 7) is 2.62. The molecule has 1 fully saturated rings. The van der Waals surface area contributed by atoms with Gasteiger partial charge in [-0.05, 0) is 18.4 Å².